The number of nitrogens with two attached hydrogens (primary N) is 2. The van der Waals surface area contributed by atoms with Gasteiger partial charge in [-0.3, -0.25) is 4.84 Å². The minimum Gasteiger partial charge on any atom is -0.368 e. The summed E-state index contributed by atoms with van der Waals surface area (Å²) in [6.07, 6.45) is -0.227. The maximum absolute atomic E-state index is 5.87. The molecule has 4 N–H and O–H groups in total. The number of aliphatic imine (C=N–C) groups is 2. The van der Waals surface area contributed by atoms with Gasteiger partial charge in [0.25, 0.3) is 0 Å². The van der Waals surface area contributed by atoms with Crippen LogP contribution in [0.1, 0.15) is 32.4 Å². The van der Waals surface area contributed by atoms with Gasteiger partial charge in [-0.05, 0) is 38.5 Å². The zero-order valence-corrected chi connectivity index (χ0v) is 13.6. The van der Waals surface area contributed by atoms with Crippen molar-refractivity contribution in [3.05, 3.63) is 34.9 Å². The Balaban J connectivity index is 0.00000220. The third-order valence-electron chi connectivity index (χ3n) is 2.93. The van der Waals surface area contributed by atoms with Crippen LogP contribution in [-0.2, 0) is 4.84 Å². The first-order valence-corrected chi connectivity index (χ1v) is 6.59. The number of halogens is 2. The Bertz CT molecular complexity index is 556. The van der Waals surface area contributed by atoms with Crippen LogP contribution in [0.15, 0.2) is 34.3 Å². The fourth-order valence-electron chi connectivity index (χ4n) is 1.93. The zero-order chi connectivity index (χ0) is 14.9. The molecule has 21 heavy (non-hydrogen) atoms. The van der Waals surface area contributed by atoms with Crippen molar-refractivity contribution in [1.29, 1.82) is 0 Å². The molecular weight excluding hydrogens is 313 g/mol. The minimum absolute atomic E-state index is 0. The topological polar surface area (TPSA) is 89.2 Å². The van der Waals surface area contributed by atoms with Gasteiger partial charge in [-0.1, -0.05) is 23.7 Å². The highest BCUT2D eigenvalue weighted by atomic mass is 35.5. The third kappa shape index (κ3) is 4.00. The lowest BCUT2D eigenvalue weighted by molar-refractivity contribution is -0.191. The largest absolute Gasteiger partial charge is 0.368 e. The van der Waals surface area contributed by atoms with E-state index in [0.29, 0.717) is 5.02 Å². The minimum atomic E-state index is -0.712. The van der Waals surface area contributed by atoms with E-state index in [1.165, 1.54) is 5.06 Å². The Kier molecular flexibility index (Phi) is 5.44. The van der Waals surface area contributed by atoms with Gasteiger partial charge in [0.15, 0.2) is 5.66 Å². The molecule has 0 fully saturated rings. The molecule has 1 aromatic rings. The number of benzene rings is 1. The quantitative estimate of drug-likeness (QED) is 0.890. The maximum Gasteiger partial charge on any atom is 0.226 e. The fraction of sp³-hybridized carbons (Fsp3) is 0.385. The molecule has 1 atom stereocenters. The monoisotopic (exact) mass is 331 g/mol. The zero-order valence-electron chi connectivity index (χ0n) is 12.1. The van der Waals surface area contributed by atoms with Crippen LogP contribution in [-0.4, -0.2) is 22.6 Å². The average molecular weight is 332 g/mol. The van der Waals surface area contributed by atoms with Gasteiger partial charge in [0.05, 0.1) is 0 Å². The van der Waals surface area contributed by atoms with E-state index in [0.717, 1.165) is 5.56 Å². The molecule has 1 aromatic carbocycles. The predicted molar refractivity (Wildman–Crippen MR) is 87.4 cm³/mol. The first kappa shape index (κ1) is 17.6. The van der Waals surface area contributed by atoms with Gasteiger partial charge in [0.1, 0.15) is 6.10 Å². The summed E-state index contributed by atoms with van der Waals surface area (Å²) in [7, 11) is 0. The molecule has 0 saturated heterocycles. The van der Waals surface area contributed by atoms with Gasteiger partial charge in [-0.15, -0.1) is 12.4 Å². The summed E-state index contributed by atoms with van der Waals surface area (Å²) >= 11 is 5.87. The van der Waals surface area contributed by atoms with Crippen molar-refractivity contribution in [2.45, 2.75) is 32.5 Å². The molecule has 0 amide bonds. The second kappa shape index (κ2) is 6.51. The lowest BCUT2D eigenvalue weighted by Crippen LogP contribution is -2.53. The van der Waals surface area contributed by atoms with Crippen LogP contribution < -0.4 is 11.5 Å². The lowest BCUT2D eigenvalue weighted by atomic mass is 10.1. The van der Waals surface area contributed by atoms with E-state index in [4.69, 9.17) is 27.9 Å². The van der Waals surface area contributed by atoms with Gasteiger partial charge in [-0.25, -0.2) is 4.99 Å². The normalized spacial score (nSPS) is 18.4. The molecule has 0 spiro atoms. The number of nitrogens with zero attached hydrogens (tertiary/aromatic N) is 3. The van der Waals surface area contributed by atoms with E-state index in [1.807, 2.05) is 45.0 Å². The van der Waals surface area contributed by atoms with Crippen LogP contribution in [0.4, 0.5) is 0 Å². The van der Waals surface area contributed by atoms with Gasteiger partial charge < -0.3 is 11.5 Å². The lowest BCUT2D eigenvalue weighted by Gasteiger charge is -2.38. The second-order valence-corrected chi connectivity index (χ2v) is 5.46. The van der Waals surface area contributed by atoms with Crippen molar-refractivity contribution in [3.8, 4) is 0 Å². The number of rotatable bonds is 3. The molecule has 1 unspecified atom stereocenters. The van der Waals surface area contributed by atoms with Crippen molar-refractivity contribution in [1.82, 2.24) is 5.06 Å². The first-order chi connectivity index (χ1) is 9.29. The molecule has 0 radical (unpaired) electrons. The van der Waals surface area contributed by atoms with Crippen LogP contribution in [0, 0.1) is 0 Å². The van der Waals surface area contributed by atoms with E-state index in [-0.39, 0.29) is 30.4 Å². The van der Waals surface area contributed by atoms with Crippen molar-refractivity contribution in [2.24, 2.45) is 21.5 Å². The summed E-state index contributed by atoms with van der Waals surface area (Å²) in [6.45, 7) is 5.60. The molecule has 2 rings (SSSR count). The Hall–Kier alpha value is -1.50. The summed E-state index contributed by atoms with van der Waals surface area (Å²) in [5, 5.41) is 2.14. The van der Waals surface area contributed by atoms with E-state index < -0.39 is 5.66 Å². The van der Waals surface area contributed by atoms with E-state index >= 15 is 0 Å². The first-order valence-electron chi connectivity index (χ1n) is 6.21. The number of hydroxylamine groups is 2. The summed E-state index contributed by atoms with van der Waals surface area (Å²) in [5.74, 6) is 0.329. The molecule has 1 aliphatic heterocycles. The van der Waals surface area contributed by atoms with Crippen LogP contribution in [0.25, 0.3) is 0 Å². The molecule has 1 aliphatic rings. The van der Waals surface area contributed by atoms with Crippen molar-refractivity contribution < 1.29 is 4.84 Å². The predicted octanol–water partition coefficient (Wildman–Crippen LogP) is 2.44. The maximum atomic E-state index is 5.87. The fourth-order valence-corrected chi connectivity index (χ4v) is 2.06. The van der Waals surface area contributed by atoms with Crippen LogP contribution in [0.2, 0.25) is 5.02 Å². The van der Waals surface area contributed by atoms with Crippen LogP contribution >= 0.6 is 24.0 Å². The molecular formula is C13H19Cl2N5O. The van der Waals surface area contributed by atoms with Crippen molar-refractivity contribution >= 4 is 35.9 Å². The molecule has 0 bridgehead atoms. The summed E-state index contributed by atoms with van der Waals surface area (Å²) < 4.78 is 0. The van der Waals surface area contributed by atoms with Crippen LogP contribution in [0.3, 0.4) is 0 Å². The Morgan fingerprint density at radius 3 is 2.33 bits per heavy atom. The van der Waals surface area contributed by atoms with Crippen molar-refractivity contribution in [2.75, 3.05) is 0 Å². The molecule has 0 aromatic heterocycles. The molecule has 116 valence electrons. The van der Waals surface area contributed by atoms with E-state index in [2.05, 4.69) is 9.98 Å². The summed E-state index contributed by atoms with van der Waals surface area (Å²) in [4.78, 5) is 14.0. The molecule has 6 nitrogen and oxygen atoms in total. The molecule has 0 saturated carbocycles. The van der Waals surface area contributed by atoms with E-state index in [9.17, 15) is 0 Å². The van der Waals surface area contributed by atoms with Gasteiger partial charge >= 0.3 is 0 Å². The third-order valence-corrected chi connectivity index (χ3v) is 3.18. The average Bonchev–Trinajstić information content (AvgIpc) is 2.33. The van der Waals surface area contributed by atoms with Gasteiger partial charge in [0.2, 0.25) is 11.9 Å². The number of guanidine groups is 2. The highest BCUT2D eigenvalue weighted by Crippen LogP contribution is 2.26. The Morgan fingerprint density at radius 1 is 1.24 bits per heavy atom. The molecule has 1 heterocycles. The molecule has 0 aliphatic carbocycles. The Morgan fingerprint density at radius 2 is 1.81 bits per heavy atom. The SMILES string of the molecule is CC(ON1C(N)=NC(N)=NC1(C)C)c1ccc(Cl)cc1.Cl. The van der Waals surface area contributed by atoms with Gasteiger partial charge in [-0.2, -0.15) is 10.1 Å². The summed E-state index contributed by atoms with van der Waals surface area (Å²) in [5.41, 5.74) is 11.7. The smallest absolute Gasteiger partial charge is 0.226 e. The van der Waals surface area contributed by atoms with Gasteiger partial charge in [0, 0.05) is 5.02 Å². The van der Waals surface area contributed by atoms with E-state index in [1.54, 1.807) is 0 Å². The second-order valence-electron chi connectivity index (χ2n) is 5.03. The number of hydrogen-bond acceptors (Lipinski definition) is 6. The standard InChI is InChI=1S/C13H18ClN5O.ClH/c1-8(9-4-6-10(14)7-5-9)20-19-12(16)17-11(15)18-13(19,2)3;/h4-8H,1-3H3,(H4,15,16,17,18);1H. The molecule has 8 heteroatoms. The highest BCUT2D eigenvalue weighted by molar-refractivity contribution is 6.30. The Labute approximate surface area is 135 Å². The van der Waals surface area contributed by atoms with Crippen LogP contribution in [0.5, 0.6) is 0 Å². The number of hydrogen-bond donors (Lipinski definition) is 2. The van der Waals surface area contributed by atoms with Crippen molar-refractivity contribution in [3.63, 3.8) is 0 Å². The summed E-state index contributed by atoms with van der Waals surface area (Å²) in [6, 6.07) is 7.42. The highest BCUT2D eigenvalue weighted by Gasteiger charge is 2.34.